The van der Waals surface area contributed by atoms with Crippen molar-refractivity contribution >= 4 is 5.84 Å². The molecule has 0 aliphatic carbocycles. The molecule has 2 aromatic rings. The van der Waals surface area contributed by atoms with Crippen LogP contribution in [0.15, 0.2) is 59.6 Å². The molecule has 2 N–H and O–H groups in total. The molecule has 0 bridgehead atoms. The Balaban J connectivity index is 1.72. The van der Waals surface area contributed by atoms with E-state index < -0.39 is 0 Å². The quantitative estimate of drug-likeness (QED) is 0.904. The molecule has 0 spiro atoms. The number of hydrogen-bond donors (Lipinski definition) is 2. The lowest BCUT2D eigenvalue weighted by molar-refractivity contribution is 0.599. The maximum atomic E-state index is 4.70. The molecule has 120 valence electrons. The molecule has 1 aliphatic rings. The van der Waals surface area contributed by atoms with E-state index in [1.54, 1.807) is 0 Å². The molecule has 3 rings (SSSR count). The summed E-state index contributed by atoms with van der Waals surface area (Å²) in [6, 6.07) is 19.5. The van der Waals surface area contributed by atoms with Crippen LogP contribution in [0.3, 0.4) is 0 Å². The van der Waals surface area contributed by atoms with Crippen molar-refractivity contribution in [2.45, 2.75) is 32.4 Å². The minimum absolute atomic E-state index is 0.161. The van der Waals surface area contributed by atoms with Gasteiger partial charge in [-0.3, -0.25) is 4.99 Å². The van der Waals surface area contributed by atoms with Gasteiger partial charge in [0.1, 0.15) is 5.84 Å². The van der Waals surface area contributed by atoms with Crippen molar-refractivity contribution in [3.05, 3.63) is 71.3 Å². The Kier molecular flexibility index (Phi) is 5.09. The molecule has 0 saturated heterocycles. The molecule has 3 nitrogen and oxygen atoms in total. The predicted molar refractivity (Wildman–Crippen MR) is 96.9 cm³/mol. The number of amidine groups is 1. The van der Waals surface area contributed by atoms with E-state index in [2.05, 4.69) is 73.0 Å². The van der Waals surface area contributed by atoms with Gasteiger partial charge in [0.15, 0.2) is 0 Å². The van der Waals surface area contributed by atoms with Crippen LogP contribution in [0, 0.1) is 0 Å². The lowest BCUT2D eigenvalue weighted by Gasteiger charge is -2.26. The topological polar surface area (TPSA) is 36.4 Å². The molecular formula is C20H25N3. The lowest BCUT2D eigenvalue weighted by atomic mass is 9.98. The minimum Gasteiger partial charge on any atom is -0.368 e. The molecule has 0 amide bonds. The third-order valence-electron chi connectivity index (χ3n) is 4.27. The van der Waals surface area contributed by atoms with Gasteiger partial charge in [0.25, 0.3) is 0 Å². The number of nitrogens with one attached hydrogen (secondary N) is 2. The third kappa shape index (κ3) is 3.99. The Labute approximate surface area is 138 Å². The van der Waals surface area contributed by atoms with Gasteiger partial charge in [-0.1, -0.05) is 68.4 Å². The molecule has 1 aliphatic heterocycles. The number of aliphatic imine (C=N–C) groups is 1. The monoisotopic (exact) mass is 307 g/mol. The Bertz CT molecular complexity index is 644. The van der Waals surface area contributed by atoms with Gasteiger partial charge in [0, 0.05) is 13.1 Å². The van der Waals surface area contributed by atoms with Crippen molar-refractivity contribution in [3.8, 4) is 0 Å². The van der Waals surface area contributed by atoms with Crippen molar-refractivity contribution in [3.63, 3.8) is 0 Å². The van der Waals surface area contributed by atoms with Crippen LogP contribution in [-0.2, 0) is 6.54 Å². The zero-order valence-electron chi connectivity index (χ0n) is 13.9. The van der Waals surface area contributed by atoms with Crippen LogP contribution in [0.25, 0.3) is 0 Å². The average molecular weight is 307 g/mol. The van der Waals surface area contributed by atoms with Crippen molar-refractivity contribution in [1.29, 1.82) is 0 Å². The van der Waals surface area contributed by atoms with E-state index in [-0.39, 0.29) is 6.04 Å². The molecule has 1 unspecified atom stereocenters. The number of hydrogen-bond acceptors (Lipinski definition) is 3. The largest absolute Gasteiger partial charge is 0.368 e. The van der Waals surface area contributed by atoms with Gasteiger partial charge in [-0.2, -0.15) is 0 Å². The Morgan fingerprint density at radius 1 is 1.09 bits per heavy atom. The summed E-state index contributed by atoms with van der Waals surface area (Å²) >= 11 is 0. The van der Waals surface area contributed by atoms with Gasteiger partial charge < -0.3 is 10.6 Å². The summed E-state index contributed by atoms with van der Waals surface area (Å²) in [4.78, 5) is 4.70. The molecule has 1 atom stereocenters. The first-order valence-corrected chi connectivity index (χ1v) is 8.39. The van der Waals surface area contributed by atoms with Gasteiger partial charge >= 0.3 is 0 Å². The predicted octanol–water partition coefficient (Wildman–Crippen LogP) is 3.64. The van der Waals surface area contributed by atoms with Gasteiger partial charge in [-0.25, -0.2) is 0 Å². The van der Waals surface area contributed by atoms with E-state index in [1.807, 2.05) is 6.07 Å². The summed E-state index contributed by atoms with van der Waals surface area (Å²) in [7, 11) is 0. The molecule has 23 heavy (non-hydrogen) atoms. The van der Waals surface area contributed by atoms with E-state index in [0.717, 1.165) is 25.5 Å². The van der Waals surface area contributed by atoms with Crippen molar-refractivity contribution < 1.29 is 0 Å². The first-order valence-electron chi connectivity index (χ1n) is 8.39. The van der Waals surface area contributed by atoms with Crippen molar-refractivity contribution in [2.24, 2.45) is 4.99 Å². The molecule has 2 aromatic carbocycles. The van der Waals surface area contributed by atoms with Crippen molar-refractivity contribution in [1.82, 2.24) is 10.6 Å². The molecule has 0 saturated carbocycles. The maximum Gasteiger partial charge on any atom is 0.118 e. The van der Waals surface area contributed by atoms with Crippen LogP contribution < -0.4 is 10.6 Å². The van der Waals surface area contributed by atoms with Crippen LogP contribution in [0.5, 0.6) is 0 Å². The summed E-state index contributed by atoms with van der Waals surface area (Å²) in [5, 5.41) is 7.09. The highest BCUT2D eigenvalue weighted by Crippen LogP contribution is 2.20. The van der Waals surface area contributed by atoms with E-state index in [1.165, 1.54) is 16.7 Å². The molecular weight excluding hydrogens is 282 g/mol. The first kappa shape index (κ1) is 15.8. The fraction of sp³-hybridized carbons (Fsp3) is 0.350. The first-order chi connectivity index (χ1) is 11.2. The Hall–Kier alpha value is -2.13. The van der Waals surface area contributed by atoms with Gasteiger partial charge in [0.2, 0.25) is 0 Å². The lowest BCUT2D eigenvalue weighted by Crippen LogP contribution is -2.42. The maximum absolute atomic E-state index is 4.70. The fourth-order valence-electron chi connectivity index (χ4n) is 2.87. The molecule has 3 heteroatoms. The number of benzene rings is 2. The smallest absolute Gasteiger partial charge is 0.118 e. The second-order valence-electron chi connectivity index (χ2n) is 6.31. The summed E-state index contributed by atoms with van der Waals surface area (Å²) in [6.45, 7) is 7.01. The summed E-state index contributed by atoms with van der Waals surface area (Å²) < 4.78 is 0. The number of rotatable bonds is 4. The SMILES string of the molecule is CC(C)c1ccc(C2NCCN=C2NCc2ccccc2)cc1. The van der Waals surface area contributed by atoms with Gasteiger partial charge in [-0.15, -0.1) is 0 Å². The van der Waals surface area contributed by atoms with Crippen LogP contribution in [0.4, 0.5) is 0 Å². The molecule has 1 heterocycles. The number of nitrogens with zero attached hydrogens (tertiary/aromatic N) is 1. The highest BCUT2D eigenvalue weighted by atomic mass is 15.1. The third-order valence-corrected chi connectivity index (χ3v) is 4.27. The van der Waals surface area contributed by atoms with Crippen LogP contribution in [-0.4, -0.2) is 18.9 Å². The van der Waals surface area contributed by atoms with Gasteiger partial charge in [0.05, 0.1) is 12.6 Å². The van der Waals surface area contributed by atoms with Crippen LogP contribution in [0.1, 0.15) is 42.5 Å². The second-order valence-corrected chi connectivity index (χ2v) is 6.31. The van der Waals surface area contributed by atoms with E-state index in [0.29, 0.717) is 5.92 Å². The standard InChI is InChI=1S/C20H25N3/c1-15(2)17-8-10-18(11-9-17)19-20(22-13-12-21-19)23-14-16-6-4-3-5-7-16/h3-11,15,19,21H,12-14H2,1-2H3,(H,22,23). The van der Waals surface area contributed by atoms with E-state index in [9.17, 15) is 0 Å². The Morgan fingerprint density at radius 2 is 1.83 bits per heavy atom. The molecule has 0 fully saturated rings. The van der Waals surface area contributed by atoms with Crippen LogP contribution in [0.2, 0.25) is 0 Å². The summed E-state index contributed by atoms with van der Waals surface area (Å²) in [5.74, 6) is 1.60. The molecule has 0 radical (unpaired) electrons. The highest BCUT2D eigenvalue weighted by Gasteiger charge is 2.20. The highest BCUT2D eigenvalue weighted by molar-refractivity contribution is 5.89. The average Bonchev–Trinajstić information content (AvgIpc) is 2.61. The van der Waals surface area contributed by atoms with Crippen LogP contribution >= 0.6 is 0 Å². The van der Waals surface area contributed by atoms with Gasteiger partial charge in [-0.05, 0) is 22.6 Å². The zero-order chi connectivity index (χ0) is 16.1. The summed E-state index contributed by atoms with van der Waals surface area (Å²) in [6.07, 6.45) is 0. The Morgan fingerprint density at radius 3 is 2.52 bits per heavy atom. The van der Waals surface area contributed by atoms with E-state index >= 15 is 0 Å². The summed E-state index contributed by atoms with van der Waals surface area (Å²) in [5.41, 5.74) is 3.92. The van der Waals surface area contributed by atoms with Crippen molar-refractivity contribution in [2.75, 3.05) is 13.1 Å². The minimum atomic E-state index is 0.161. The van der Waals surface area contributed by atoms with E-state index in [4.69, 9.17) is 4.99 Å². The fourth-order valence-corrected chi connectivity index (χ4v) is 2.87. The second kappa shape index (κ2) is 7.42. The zero-order valence-corrected chi connectivity index (χ0v) is 13.9. The normalized spacial score (nSPS) is 17.9. The molecule has 0 aromatic heterocycles.